The smallest absolute Gasteiger partial charge is 0.344 e. The van der Waals surface area contributed by atoms with Crippen LogP contribution in [0.15, 0.2) is 23.2 Å². The first-order valence-electron chi connectivity index (χ1n) is 4.79. The standard InChI is InChI=1S/C11H16O4/c1-7(2)5-6-8-9(12)14-11(3,4)15-10(8)13/h5,12H,6H2,1-4H3. The molecular formula is C11H16O4. The van der Waals surface area contributed by atoms with Gasteiger partial charge in [-0.1, -0.05) is 11.6 Å². The summed E-state index contributed by atoms with van der Waals surface area (Å²) in [7, 11) is 0. The van der Waals surface area contributed by atoms with Crippen LogP contribution >= 0.6 is 0 Å². The maximum atomic E-state index is 11.5. The minimum atomic E-state index is -1.09. The molecule has 0 aromatic rings. The molecule has 0 amide bonds. The Hall–Kier alpha value is -1.45. The number of carbonyl (C=O) groups is 1. The number of rotatable bonds is 2. The van der Waals surface area contributed by atoms with Gasteiger partial charge in [-0.2, -0.15) is 0 Å². The lowest BCUT2D eigenvalue weighted by molar-refractivity contribution is -0.222. The van der Waals surface area contributed by atoms with Crippen molar-refractivity contribution in [2.45, 2.75) is 39.9 Å². The molecule has 1 N–H and O–H groups in total. The molecule has 1 aliphatic heterocycles. The summed E-state index contributed by atoms with van der Waals surface area (Å²) in [5.41, 5.74) is 1.23. The quantitative estimate of drug-likeness (QED) is 0.564. The van der Waals surface area contributed by atoms with Gasteiger partial charge in [-0.25, -0.2) is 4.79 Å². The third-order valence-electron chi connectivity index (χ3n) is 1.90. The van der Waals surface area contributed by atoms with Gasteiger partial charge in [0.2, 0.25) is 0 Å². The van der Waals surface area contributed by atoms with E-state index in [-0.39, 0.29) is 11.5 Å². The van der Waals surface area contributed by atoms with Crippen molar-refractivity contribution in [1.82, 2.24) is 0 Å². The summed E-state index contributed by atoms with van der Waals surface area (Å²) in [6.45, 7) is 6.96. The van der Waals surface area contributed by atoms with Crippen LogP contribution in [0.2, 0.25) is 0 Å². The van der Waals surface area contributed by atoms with Crippen LogP contribution in [0.1, 0.15) is 34.1 Å². The van der Waals surface area contributed by atoms with Gasteiger partial charge in [-0.05, 0) is 13.8 Å². The Morgan fingerprint density at radius 2 is 2.00 bits per heavy atom. The van der Waals surface area contributed by atoms with Crippen LogP contribution in [0.25, 0.3) is 0 Å². The summed E-state index contributed by atoms with van der Waals surface area (Å²) in [4.78, 5) is 11.5. The van der Waals surface area contributed by atoms with Crippen molar-refractivity contribution in [3.05, 3.63) is 23.2 Å². The van der Waals surface area contributed by atoms with E-state index in [1.165, 1.54) is 0 Å². The van der Waals surface area contributed by atoms with Crippen LogP contribution in [-0.2, 0) is 14.3 Å². The molecule has 0 radical (unpaired) electrons. The topological polar surface area (TPSA) is 55.8 Å². The second-order valence-electron chi connectivity index (χ2n) is 4.16. The third-order valence-corrected chi connectivity index (χ3v) is 1.90. The van der Waals surface area contributed by atoms with E-state index in [1.807, 2.05) is 19.9 Å². The van der Waals surface area contributed by atoms with E-state index in [2.05, 4.69) is 0 Å². The van der Waals surface area contributed by atoms with Gasteiger partial charge < -0.3 is 14.6 Å². The molecule has 1 rings (SSSR count). The zero-order valence-electron chi connectivity index (χ0n) is 9.46. The van der Waals surface area contributed by atoms with Crippen LogP contribution in [0, 0.1) is 0 Å². The van der Waals surface area contributed by atoms with E-state index in [1.54, 1.807) is 13.8 Å². The van der Waals surface area contributed by atoms with Crippen LogP contribution in [0.5, 0.6) is 0 Å². The van der Waals surface area contributed by atoms with Crippen molar-refractivity contribution in [3.8, 4) is 0 Å². The first-order chi connectivity index (χ1) is 6.82. The summed E-state index contributed by atoms with van der Waals surface area (Å²) in [5.74, 6) is -1.95. The van der Waals surface area contributed by atoms with Crippen molar-refractivity contribution < 1.29 is 19.4 Å². The number of hydrogen-bond acceptors (Lipinski definition) is 4. The molecule has 0 fully saturated rings. The second-order valence-corrected chi connectivity index (χ2v) is 4.16. The van der Waals surface area contributed by atoms with Gasteiger partial charge in [0.05, 0.1) is 0 Å². The number of ether oxygens (including phenoxy) is 2. The van der Waals surface area contributed by atoms with Crippen LogP contribution in [0.3, 0.4) is 0 Å². The molecule has 0 saturated carbocycles. The summed E-state index contributed by atoms with van der Waals surface area (Å²) in [6, 6.07) is 0. The van der Waals surface area contributed by atoms with Gasteiger partial charge in [-0.3, -0.25) is 0 Å². The first kappa shape index (κ1) is 11.6. The molecule has 84 valence electrons. The van der Waals surface area contributed by atoms with E-state index in [9.17, 15) is 9.90 Å². The van der Waals surface area contributed by atoms with Crippen LogP contribution < -0.4 is 0 Å². The summed E-state index contributed by atoms with van der Waals surface area (Å²) in [5, 5.41) is 9.52. The monoisotopic (exact) mass is 212 g/mol. The molecule has 0 aromatic carbocycles. The number of esters is 1. The zero-order chi connectivity index (χ0) is 11.6. The highest BCUT2D eigenvalue weighted by molar-refractivity contribution is 5.89. The minimum absolute atomic E-state index is 0.163. The van der Waals surface area contributed by atoms with E-state index < -0.39 is 11.8 Å². The Labute approximate surface area is 89.2 Å². The fourth-order valence-electron chi connectivity index (χ4n) is 1.16. The normalized spacial score (nSPS) is 19.3. The van der Waals surface area contributed by atoms with Gasteiger partial charge in [0, 0.05) is 20.3 Å². The van der Waals surface area contributed by atoms with Gasteiger partial charge in [0.15, 0.2) is 0 Å². The molecule has 0 aliphatic carbocycles. The Morgan fingerprint density at radius 1 is 1.40 bits per heavy atom. The maximum absolute atomic E-state index is 11.5. The van der Waals surface area contributed by atoms with Crippen molar-refractivity contribution in [2.24, 2.45) is 0 Å². The van der Waals surface area contributed by atoms with E-state index in [0.717, 1.165) is 5.57 Å². The van der Waals surface area contributed by atoms with E-state index >= 15 is 0 Å². The SMILES string of the molecule is CC(C)=CCC1=C(O)OC(C)(C)OC1=O. The molecule has 4 nitrogen and oxygen atoms in total. The fourth-order valence-corrected chi connectivity index (χ4v) is 1.16. The van der Waals surface area contributed by atoms with E-state index in [0.29, 0.717) is 6.42 Å². The number of aliphatic hydroxyl groups is 1. The lowest BCUT2D eigenvalue weighted by Gasteiger charge is -2.30. The second kappa shape index (κ2) is 3.96. The summed E-state index contributed by atoms with van der Waals surface area (Å²) in [6.07, 6.45) is 2.15. The molecule has 15 heavy (non-hydrogen) atoms. The third kappa shape index (κ3) is 3.01. The van der Waals surface area contributed by atoms with E-state index in [4.69, 9.17) is 9.47 Å². The van der Waals surface area contributed by atoms with Crippen LogP contribution in [0.4, 0.5) is 0 Å². The number of aliphatic hydroxyl groups excluding tert-OH is 1. The summed E-state index contributed by atoms with van der Waals surface area (Å²) >= 11 is 0. The molecular weight excluding hydrogens is 196 g/mol. The lowest BCUT2D eigenvalue weighted by Crippen LogP contribution is -2.36. The Kier molecular flexibility index (Phi) is 3.07. The largest absolute Gasteiger partial charge is 0.481 e. The number of allylic oxidation sites excluding steroid dienone is 2. The highest BCUT2D eigenvalue weighted by Gasteiger charge is 2.35. The highest BCUT2D eigenvalue weighted by Crippen LogP contribution is 2.26. The molecule has 0 aromatic heterocycles. The highest BCUT2D eigenvalue weighted by atomic mass is 16.8. The van der Waals surface area contributed by atoms with Gasteiger partial charge in [0.25, 0.3) is 11.7 Å². The van der Waals surface area contributed by atoms with Crippen molar-refractivity contribution >= 4 is 5.97 Å². The molecule has 4 heteroatoms. The van der Waals surface area contributed by atoms with Gasteiger partial charge in [-0.15, -0.1) is 0 Å². The average Bonchev–Trinajstić information content (AvgIpc) is 1.98. The van der Waals surface area contributed by atoms with Crippen molar-refractivity contribution in [3.63, 3.8) is 0 Å². The Bertz CT molecular complexity index is 332. The minimum Gasteiger partial charge on any atom is -0.481 e. The number of hydrogen-bond donors (Lipinski definition) is 1. The first-order valence-corrected chi connectivity index (χ1v) is 4.79. The predicted octanol–water partition coefficient (Wildman–Crippen LogP) is 2.42. The predicted molar refractivity (Wildman–Crippen MR) is 55.0 cm³/mol. The molecule has 0 saturated heterocycles. The van der Waals surface area contributed by atoms with Crippen molar-refractivity contribution in [2.75, 3.05) is 0 Å². The van der Waals surface area contributed by atoms with Crippen LogP contribution in [-0.4, -0.2) is 16.9 Å². The Morgan fingerprint density at radius 3 is 2.47 bits per heavy atom. The molecule has 0 atom stereocenters. The molecule has 1 aliphatic rings. The zero-order valence-corrected chi connectivity index (χ0v) is 9.46. The van der Waals surface area contributed by atoms with Gasteiger partial charge >= 0.3 is 5.97 Å². The molecule has 0 spiro atoms. The molecule has 0 bridgehead atoms. The Balaban J connectivity index is 2.88. The average molecular weight is 212 g/mol. The molecule has 0 unspecified atom stereocenters. The van der Waals surface area contributed by atoms with Gasteiger partial charge in [0.1, 0.15) is 5.57 Å². The number of cyclic esters (lactones) is 1. The summed E-state index contributed by atoms with van der Waals surface area (Å²) < 4.78 is 10.0. The number of carbonyl (C=O) groups excluding carboxylic acids is 1. The fraction of sp³-hybridized carbons (Fsp3) is 0.545. The lowest BCUT2D eigenvalue weighted by atomic mass is 10.1. The molecule has 1 heterocycles. The maximum Gasteiger partial charge on any atom is 0.344 e. The van der Waals surface area contributed by atoms with Crippen molar-refractivity contribution in [1.29, 1.82) is 0 Å².